The first kappa shape index (κ1) is 28.9. The van der Waals surface area contributed by atoms with Crippen LogP contribution in [0.4, 0.5) is 0 Å². The third-order valence-corrected chi connectivity index (χ3v) is 10.5. The van der Waals surface area contributed by atoms with Gasteiger partial charge >= 0.3 is 11.9 Å². The number of carboxylic acid groups (broad SMARTS) is 2. The van der Waals surface area contributed by atoms with E-state index >= 15 is 0 Å². The SMILES string of the molecule is COc1ccc2c3c1OC1[C@H]4OC[C@@]4(CCCc4ccccc4)CC4C(C2)N(C)CCC341.O=C(O)C(O)C(O)C(=O)O. The Bertz CT molecular complexity index is 1330. The predicted octanol–water partition coefficient (Wildman–Crippen LogP) is 2.26. The third kappa shape index (κ3) is 4.38. The van der Waals surface area contributed by atoms with Gasteiger partial charge in [0.25, 0.3) is 0 Å². The molecule has 0 radical (unpaired) electrons. The molecule has 2 bridgehead atoms. The summed E-state index contributed by atoms with van der Waals surface area (Å²) in [5, 5.41) is 32.5. The summed E-state index contributed by atoms with van der Waals surface area (Å²) < 4.78 is 19.1. The molecule has 7 rings (SSSR count). The van der Waals surface area contributed by atoms with Gasteiger partial charge in [-0.1, -0.05) is 36.4 Å². The number of aryl methyl sites for hydroxylation is 1. The summed E-state index contributed by atoms with van der Waals surface area (Å²) in [5.74, 6) is -0.968. The van der Waals surface area contributed by atoms with E-state index in [1.165, 1.54) is 42.4 Å². The van der Waals surface area contributed by atoms with Gasteiger partial charge in [-0.15, -0.1) is 0 Å². The highest BCUT2D eigenvalue weighted by Gasteiger charge is 2.73. The fraction of sp³-hybridized carbons (Fsp3) is 0.562. The summed E-state index contributed by atoms with van der Waals surface area (Å²) in [7, 11) is 4.11. The number of aliphatic hydroxyl groups excluding tert-OH is 2. The van der Waals surface area contributed by atoms with Crippen LogP contribution in [0.15, 0.2) is 42.5 Å². The van der Waals surface area contributed by atoms with Gasteiger partial charge in [0.05, 0.1) is 13.7 Å². The summed E-state index contributed by atoms with van der Waals surface area (Å²) in [4.78, 5) is 22.2. The molecule has 226 valence electrons. The molecule has 2 aromatic rings. The standard InChI is InChI=1S/C28H33NO3.C4H6O6/c1-29-14-13-28-20-16-27(12-6-9-18-7-4-3-5-8-18)17-31-25(27)26(28)32-24-22(30-2)11-10-19(23(24)28)15-21(20)29;5-1(3(7)8)2(6)4(9)10/h3-5,7-8,10-11,20-21,25-26H,6,9,12-17H2,1-2H3;1-2,5-6H,(H,7,8)(H,9,10)/t20?,21?,25-,26?,27-,28?;/m1./s1. The van der Waals surface area contributed by atoms with Crippen molar-refractivity contribution in [1.29, 1.82) is 0 Å². The lowest BCUT2D eigenvalue weighted by molar-refractivity contribution is -0.279. The minimum absolute atomic E-state index is 0.0999. The van der Waals surface area contributed by atoms with Gasteiger partial charge < -0.3 is 39.5 Å². The van der Waals surface area contributed by atoms with Crippen molar-refractivity contribution in [3.8, 4) is 11.5 Å². The zero-order valence-electron chi connectivity index (χ0n) is 23.9. The number of fused-ring (bicyclic) bond motifs is 2. The molecular formula is C32H39NO9. The average molecular weight is 582 g/mol. The number of carbonyl (C=O) groups is 2. The van der Waals surface area contributed by atoms with Crippen LogP contribution in [0.25, 0.3) is 0 Å². The predicted molar refractivity (Wildman–Crippen MR) is 151 cm³/mol. The maximum atomic E-state index is 9.77. The average Bonchev–Trinajstić information content (AvgIpc) is 3.30. The van der Waals surface area contributed by atoms with Crippen molar-refractivity contribution in [2.24, 2.45) is 11.3 Å². The second-order valence-electron chi connectivity index (χ2n) is 12.5. The molecule has 2 aromatic carbocycles. The Labute approximate surface area is 244 Å². The fourth-order valence-electron chi connectivity index (χ4n) is 8.45. The van der Waals surface area contributed by atoms with Crippen molar-refractivity contribution in [2.45, 2.75) is 74.4 Å². The van der Waals surface area contributed by atoms with Gasteiger partial charge in [-0.3, -0.25) is 0 Å². The maximum absolute atomic E-state index is 9.77. The van der Waals surface area contributed by atoms with Crippen LogP contribution in [-0.2, 0) is 32.6 Å². The molecule has 3 aliphatic heterocycles. The van der Waals surface area contributed by atoms with Crippen molar-refractivity contribution in [2.75, 3.05) is 27.3 Å². The summed E-state index contributed by atoms with van der Waals surface area (Å²) in [6.45, 7) is 2.04. The van der Waals surface area contributed by atoms with Crippen LogP contribution in [0, 0.1) is 11.3 Å². The lowest BCUT2D eigenvalue weighted by Gasteiger charge is -2.66. The second-order valence-corrected chi connectivity index (χ2v) is 12.5. The number of hydrogen-bond donors (Lipinski definition) is 4. The molecule has 42 heavy (non-hydrogen) atoms. The Kier molecular flexibility index (Phi) is 7.45. The summed E-state index contributed by atoms with van der Waals surface area (Å²) in [6, 6.07) is 16.0. The van der Waals surface area contributed by atoms with E-state index in [0.29, 0.717) is 12.0 Å². The van der Waals surface area contributed by atoms with Crippen molar-refractivity contribution in [3.63, 3.8) is 0 Å². The molecule has 1 saturated carbocycles. The molecule has 0 aromatic heterocycles. The van der Waals surface area contributed by atoms with Crippen molar-refractivity contribution in [1.82, 2.24) is 4.90 Å². The van der Waals surface area contributed by atoms with Crippen LogP contribution in [0.3, 0.4) is 0 Å². The minimum Gasteiger partial charge on any atom is -0.493 e. The number of nitrogens with zero attached hydrogens (tertiary/aromatic N) is 1. The van der Waals surface area contributed by atoms with Crippen molar-refractivity contribution in [3.05, 3.63) is 59.2 Å². The zero-order valence-corrected chi connectivity index (χ0v) is 23.9. The molecule has 3 fully saturated rings. The Morgan fingerprint density at radius 1 is 1.07 bits per heavy atom. The van der Waals surface area contributed by atoms with Gasteiger partial charge in [-0.25, -0.2) is 9.59 Å². The van der Waals surface area contributed by atoms with Gasteiger partial charge in [0.2, 0.25) is 0 Å². The number of carboxylic acids is 2. The highest BCUT2D eigenvalue weighted by atomic mass is 16.6. The molecular weight excluding hydrogens is 542 g/mol. The van der Waals surface area contributed by atoms with E-state index < -0.39 is 24.1 Å². The van der Waals surface area contributed by atoms with E-state index in [0.717, 1.165) is 37.5 Å². The molecule has 2 aliphatic carbocycles. The first-order valence-electron chi connectivity index (χ1n) is 14.7. The number of likely N-dealkylation sites (N-methyl/N-ethyl adjacent to an activating group) is 1. The quantitative estimate of drug-likeness (QED) is 0.366. The molecule has 5 aliphatic rings. The third-order valence-electron chi connectivity index (χ3n) is 10.5. The van der Waals surface area contributed by atoms with E-state index in [2.05, 4.69) is 54.4 Å². The first-order valence-corrected chi connectivity index (χ1v) is 14.7. The lowest BCUT2D eigenvalue weighted by atomic mass is 9.45. The fourth-order valence-corrected chi connectivity index (χ4v) is 8.45. The highest BCUT2D eigenvalue weighted by Crippen LogP contribution is 2.69. The number of benzene rings is 2. The number of ether oxygens (including phenoxy) is 3. The molecule has 8 atom stereocenters. The van der Waals surface area contributed by atoms with Crippen molar-refractivity contribution >= 4 is 11.9 Å². The number of rotatable bonds is 8. The molecule has 6 unspecified atom stereocenters. The molecule has 10 heteroatoms. The normalized spacial score (nSPS) is 33.0. The van der Waals surface area contributed by atoms with Crippen LogP contribution in [0.5, 0.6) is 11.5 Å². The van der Waals surface area contributed by atoms with E-state index in [1.54, 1.807) is 7.11 Å². The molecule has 0 amide bonds. The first-order chi connectivity index (χ1) is 20.1. The van der Waals surface area contributed by atoms with Crippen LogP contribution in [0.1, 0.15) is 42.4 Å². The molecule has 4 N–H and O–H groups in total. The molecule has 3 heterocycles. The number of aliphatic hydroxyl groups is 2. The number of piperidine rings is 1. The zero-order chi connectivity index (χ0) is 29.8. The van der Waals surface area contributed by atoms with Crippen LogP contribution < -0.4 is 9.47 Å². The van der Waals surface area contributed by atoms with Crippen LogP contribution >= 0.6 is 0 Å². The highest BCUT2D eigenvalue weighted by molar-refractivity contribution is 5.83. The second kappa shape index (κ2) is 10.8. The molecule has 2 saturated heterocycles. The lowest BCUT2D eigenvalue weighted by Crippen LogP contribution is -2.74. The Balaban J connectivity index is 0.000000274. The van der Waals surface area contributed by atoms with Crippen molar-refractivity contribution < 1.29 is 44.2 Å². The van der Waals surface area contributed by atoms with Crippen LogP contribution in [-0.4, -0.2) is 95.0 Å². The Morgan fingerprint density at radius 2 is 1.79 bits per heavy atom. The van der Waals surface area contributed by atoms with Gasteiger partial charge in [0, 0.05) is 22.4 Å². The monoisotopic (exact) mass is 581 g/mol. The number of methoxy groups -OCH3 is 1. The number of aliphatic carboxylic acids is 2. The van der Waals surface area contributed by atoms with Gasteiger partial charge in [0.15, 0.2) is 23.7 Å². The van der Waals surface area contributed by atoms with Gasteiger partial charge in [0.1, 0.15) is 12.2 Å². The smallest absolute Gasteiger partial charge is 0.335 e. The summed E-state index contributed by atoms with van der Waals surface area (Å²) >= 11 is 0. The molecule has 1 spiro atoms. The number of hydrogen-bond acceptors (Lipinski definition) is 8. The topological polar surface area (TPSA) is 146 Å². The largest absolute Gasteiger partial charge is 0.493 e. The summed E-state index contributed by atoms with van der Waals surface area (Å²) in [6.07, 6.45) is 2.99. The van der Waals surface area contributed by atoms with E-state index in [1.807, 2.05) is 0 Å². The van der Waals surface area contributed by atoms with Crippen LogP contribution in [0.2, 0.25) is 0 Å². The molecule has 10 nitrogen and oxygen atoms in total. The Hall–Kier alpha value is -3.18. The number of likely N-dealkylation sites (tertiary alicyclic amines) is 1. The van der Waals surface area contributed by atoms with Gasteiger partial charge in [-0.2, -0.15) is 0 Å². The van der Waals surface area contributed by atoms with E-state index in [-0.39, 0.29) is 23.0 Å². The van der Waals surface area contributed by atoms with E-state index in [9.17, 15) is 9.59 Å². The Morgan fingerprint density at radius 3 is 2.40 bits per heavy atom. The maximum Gasteiger partial charge on any atom is 0.335 e. The summed E-state index contributed by atoms with van der Waals surface area (Å²) in [5.41, 5.74) is 4.76. The van der Waals surface area contributed by atoms with Gasteiger partial charge in [-0.05, 0) is 75.2 Å². The van der Waals surface area contributed by atoms with E-state index in [4.69, 9.17) is 34.6 Å². The minimum atomic E-state index is -2.27.